The molecule has 0 amide bonds. The number of aromatic amines is 1. The van der Waals surface area contributed by atoms with E-state index in [-0.39, 0.29) is 11.3 Å². The highest BCUT2D eigenvalue weighted by atomic mass is 16.1. The van der Waals surface area contributed by atoms with Gasteiger partial charge >= 0.3 is 0 Å². The number of aryl methyl sites for hydroxylation is 1. The number of nitrogens with zero attached hydrogens (tertiary/aromatic N) is 1. The van der Waals surface area contributed by atoms with Gasteiger partial charge in [0, 0.05) is 23.7 Å². The summed E-state index contributed by atoms with van der Waals surface area (Å²) in [5.41, 5.74) is 3.98. The molecule has 4 heteroatoms. The van der Waals surface area contributed by atoms with Crippen LogP contribution in [0, 0.1) is 0 Å². The molecule has 0 fully saturated rings. The van der Waals surface area contributed by atoms with Gasteiger partial charge in [-0.3, -0.25) is 14.0 Å². The van der Waals surface area contributed by atoms with Crippen molar-refractivity contribution in [1.82, 2.24) is 9.38 Å². The van der Waals surface area contributed by atoms with Gasteiger partial charge < -0.3 is 4.98 Å². The number of rotatable bonds is 4. The Morgan fingerprint density at radius 3 is 2.57 bits per heavy atom. The predicted molar refractivity (Wildman–Crippen MR) is 91.9 cm³/mol. The lowest BCUT2D eigenvalue weighted by Crippen LogP contribution is -2.38. The Morgan fingerprint density at radius 1 is 1.22 bits per heavy atom. The zero-order valence-electron chi connectivity index (χ0n) is 13.6. The maximum atomic E-state index is 13.1. The minimum Gasteiger partial charge on any atom is -0.361 e. The molecule has 4 nitrogen and oxygen atoms in total. The molecule has 3 heterocycles. The van der Waals surface area contributed by atoms with E-state index in [1.165, 1.54) is 0 Å². The third kappa shape index (κ3) is 2.31. The van der Waals surface area contributed by atoms with Crippen molar-refractivity contribution >= 4 is 16.9 Å². The smallest absolute Gasteiger partial charge is 0.263 e. The van der Waals surface area contributed by atoms with Gasteiger partial charge in [-0.1, -0.05) is 13.8 Å². The molecule has 0 saturated carbocycles. The van der Waals surface area contributed by atoms with Gasteiger partial charge in [0.1, 0.15) is 0 Å². The van der Waals surface area contributed by atoms with E-state index >= 15 is 0 Å². The van der Waals surface area contributed by atoms with Gasteiger partial charge in [-0.05, 0) is 55.2 Å². The molecule has 3 rings (SSSR count). The van der Waals surface area contributed by atoms with E-state index in [0.717, 1.165) is 22.3 Å². The first-order chi connectivity index (χ1) is 11.1. The Balaban J connectivity index is 2.64. The molecule has 0 atom stereocenters. The molecule has 0 aliphatic carbocycles. The number of ketones is 1. The summed E-state index contributed by atoms with van der Waals surface area (Å²) in [4.78, 5) is 28.6. The third-order valence-electron chi connectivity index (χ3n) is 4.33. The average molecular weight is 308 g/mol. The molecule has 0 radical (unpaired) electrons. The zero-order valence-corrected chi connectivity index (χ0v) is 13.6. The van der Waals surface area contributed by atoms with Gasteiger partial charge in [0.2, 0.25) is 0 Å². The monoisotopic (exact) mass is 308 g/mol. The summed E-state index contributed by atoms with van der Waals surface area (Å²) >= 11 is 0. The van der Waals surface area contributed by atoms with Crippen LogP contribution in [0.25, 0.3) is 11.1 Å². The third-order valence-corrected chi connectivity index (χ3v) is 4.33. The van der Waals surface area contributed by atoms with Crippen molar-refractivity contribution in [2.75, 3.05) is 0 Å². The van der Waals surface area contributed by atoms with E-state index in [0.29, 0.717) is 23.6 Å². The summed E-state index contributed by atoms with van der Waals surface area (Å²) in [6.07, 6.45) is 4.98. The maximum absolute atomic E-state index is 13.1. The number of fused-ring (bicyclic) bond motifs is 1. The predicted octanol–water partition coefficient (Wildman–Crippen LogP) is 2.72. The highest BCUT2D eigenvalue weighted by Crippen LogP contribution is 2.17. The average Bonchev–Trinajstić information content (AvgIpc) is 3.20. The van der Waals surface area contributed by atoms with Crippen molar-refractivity contribution < 1.29 is 4.79 Å². The molecule has 1 N–H and O–H groups in total. The highest BCUT2D eigenvalue weighted by molar-refractivity contribution is 5.98. The number of nitrogens with one attached hydrogen (secondary N) is 1. The first kappa shape index (κ1) is 15.3. The number of carbonyl (C=O) groups is 1. The van der Waals surface area contributed by atoms with Crippen LogP contribution in [0.15, 0.2) is 41.5 Å². The van der Waals surface area contributed by atoms with E-state index in [4.69, 9.17) is 0 Å². The largest absolute Gasteiger partial charge is 0.361 e. The molecule has 0 aromatic carbocycles. The first-order valence-electron chi connectivity index (χ1n) is 7.93. The van der Waals surface area contributed by atoms with Crippen LogP contribution in [-0.2, 0) is 6.42 Å². The number of H-pyrrole nitrogens is 1. The fourth-order valence-corrected chi connectivity index (χ4v) is 3.36. The van der Waals surface area contributed by atoms with Gasteiger partial charge in [0.15, 0.2) is 5.78 Å². The number of hydrogen-bond donors (Lipinski definition) is 1. The molecule has 3 aromatic rings. The molecule has 0 bridgehead atoms. The van der Waals surface area contributed by atoms with Crippen molar-refractivity contribution in [3.8, 4) is 0 Å². The summed E-state index contributed by atoms with van der Waals surface area (Å²) in [5.74, 6) is -0.0600. The van der Waals surface area contributed by atoms with Gasteiger partial charge in [-0.2, -0.15) is 0 Å². The number of pyridine rings is 1. The van der Waals surface area contributed by atoms with Gasteiger partial charge in [-0.15, -0.1) is 0 Å². The highest BCUT2D eigenvalue weighted by Gasteiger charge is 2.19. The Labute approximate surface area is 134 Å². The van der Waals surface area contributed by atoms with E-state index in [2.05, 4.69) is 4.98 Å². The summed E-state index contributed by atoms with van der Waals surface area (Å²) < 4.78 is 1.65. The fourth-order valence-electron chi connectivity index (χ4n) is 3.36. The van der Waals surface area contributed by atoms with E-state index < -0.39 is 0 Å². The minimum absolute atomic E-state index is 0.0600. The van der Waals surface area contributed by atoms with Crippen molar-refractivity contribution in [3.05, 3.63) is 69.1 Å². The van der Waals surface area contributed by atoms with Gasteiger partial charge in [0.25, 0.3) is 5.56 Å². The van der Waals surface area contributed by atoms with Crippen LogP contribution in [0.3, 0.4) is 0 Å². The van der Waals surface area contributed by atoms with E-state index in [9.17, 15) is 9.59 Å². The van der Waals surface area contributed by atoms with Crippen molar-refractivity contribution in [2.24, 2.45) is 0 Å². The second-order valence-electron chi connectivity index (χ2n) is 5.62. The van der Waals surface area contributed by atoms with E-state index in [1.54, 1.807) is 17.5 Å². The zero-order chi connectivity index (χ0) is 16.6. The molecule has 0 unspecified atom stereocenters. The molecule has 0 saturated heterocycles. The second kappa shape index (κ2) is 5.88. The van der Waals surface area contributed by atoms with Crippen LogP contribution in [0.4, 0.5) is 0 Å². The lowest BCUT2D eigenvalue weighted by atomic mass is 9.95. The van der Waals surface area contributed by atoms with Crippen molar-refractivity contribution in [2.45, 2.75) is 33.6 Å². The van der Waals surface area contributed by atoms with Crippen molar-refractivity contribution in [3.63, 3.8) is 0 Å². The molecule has 3 aromatic heterocycles. The Bertz CT molecular complexity index is 979. The number of hydrogen-bond acceptors (Lipinski definition) is 2. The van der Waals surface area contributed by atoms with Crippen LogP contribution in [0.1, 0.15) is 48.8 Å². The molecule has 0 aliphatic heterocycles. The SMILES string of the molecule is CC/C(c1ccc[nH]1)=c1/c(C(C)=O)c(CC)c2cccn2c1=O. The fraction of sp³-hybridized carbons (Fsp3) is 0.263. The summed E-state index contributed by atoms with van der Waals surface area (Å²) in [7, 11) is 0. The van der Waals surface area contributed by atoms with Crippen LogP contribution in [-0.4, -0.2) is 15.2 Å². The number of Topliss-reactive ketones (excluding diaryl/α,β-unsaturated/α-hetero) is 1. The normalized spacial score (nSPS) is 12.7. The van der Waals surface area contributed by atoms with Crippen LogP contribution in [0.5, 0.6) is 0 Å². The topological polar surface area (TPSA) is 54.3 Å². The lowest BCUT2D eigenvalue weighted by Gasteiger charge is -2.12. The van der Waals surface area contributed by atoms with Crippen LogP contribution in [0.2, 0.25) is 0 Å². The van der Waals surface area contributed by atoms with E-state index in [1.807, 2.05) is 44.3 Å². The summed E-state index contributed by atoms with van der Waals surface area (Å²) in [6, 6.07) is 7.59. The molecule has 23 heavy (non-hydrogen) atoms. The van der Waals surface area contributed by atoms with Crippen molar-refractivity contribution in [1.29, 1.82) is 0 Å². The summed E-state index contributed by atoms with van der Waals surface area (Å²) in [6.45, 7) is 5.56. The second-order valence-corrected chi connectivity index (χ2v) is 5.62. The number of carbonyl (C=O) groups excluding carboxylic acids is 1. The Hall–Kier alpha value is -2.62. The quantitative estimate of drug-likeness (QED) is 0.753. The molecule has 0 aliphatic rings. The molecular weight excluding hydrogens is 288 g/mol. The van der Waals surface area contributed by atoms with Crippen LogP contribution < -0.4 is 10.8 Å². The summed E-state index contributed by atoms with van der Waals surface area (Å²) in [5, 5.41) is 0.531. The Kier molecular flexibility index (Phi) is 3.90. The minimum atomic E-state index is -0.126. The standard InChI is InChI=1S/C19H20N2O2/c1-4-13(15-8-6-10-20-15)18-17(12(3)22)14(5-2)16-9-7-11-21(16)19(18)23/h6-11,20H,4-5H2,1-3H3/b18-13+. The maximum Gasteiger partial charge on any atom is 0.263 e. The lowest BCUT2D eigenvalue weighted by molar-refractivity contribution is 0.101. The first-order valence-corrected chi connectivity index (χ1v) is 7.93. The van der Waals surface area contributed by atoms with Gasteiger partial charge in [0.05, 0.1) is 10.7 Å². The molecular formula is C19H20N2O2. The van der Waals surface area contributed by atoms with Crippen LogP contribution >= 0.6 is 0 Å². The number of aromatic nitrogens is 2. The molecule has 118 valence electrons. The molecule has 0 spiro atoms. The van der Waals surface area contributed by atoms with Gasteiger partial charge in [-0.25, -0.2) is 0 Å². The Morgan fingerprint density at radius 2 is 2.00 bits per heavy atom.